The standard InChI is InChI=1S/C17H21NO2/c1-3-20-17-6-4-5-15(11-17)13-18-12-14-7-9-16(19-2)10-8-14/h4-11,18H,3,12-13H2,1-2H3/p+1. The third kappa shape index (κ3) is 4.28. The number of ether oxygens (including phenoxy) is 2. The van der Waals surface area contributed by atoms with Crippen molar-refractivity contribution in [2.24, 2.45) is 0 Å². The molecule has 0 atom stereocenters. The Bertz CT molecular complexity index is 523. The number of benzene rings is 2. The van der Waals surface area contributed by atoms with Crippen LogP contribution in [0.1, 0.15) is 18.1 Å². The minimum Gasteiger partial charge on any atom is -0.497 e. The normalized spacial score (nSPS) is 10.3. The molecule has 0 unspecified atom stereocenters. The third-order valence-electron chi connectivity index (χ3n) is 3.13. The van der Waals surface area contributed by atoms with Crippen LogP contribution in [0, 0.1) is 0 Å². The van der Waals surface area contributed by atoms with E-state index in [0.717, 1.165) is 24.6 Å². The lowest BCUT2D eigenvalue weighted by Crippen LogP contribution is -2.80. The molecule has 0 aliphatic heterocycles. The lowest BCUT2D eigenvalue weighted by molar-refractivity contribution is -0.686. The van der Waals surface area contributed by atoms with E-state index in [-0.39, 0.29) is 0 Å². The largest absolute Gasteiger partial charge is 0.497 e. The van der Waals surface area contributed by atoms with Gasteiger partial charge in [-0.2, -0.15) is 0 Å². The second-order valence-corrected chi connectivity index (χ2v) is 4.63. The van der Waals surface area contributed by atoms with Gasteiger partial charge in [0.1, 0.15) is 24.6 Å². The topological polar surface area (TPSA) is 35.1 Å². The van der Waals surface area contributed by atoms with Crippen LogP contribution in [0.3, 0.4) is 0 Å². The summed E-state index contributed by atoms with van der Waals surface area (Å²) in [5.41, 5.74) is 2.58. The zero-order chi connectivity index (χ0) is 14.2. The van der Waals surface area contributed by atoms with Crippen molar-refractivity contribution in [3.8, 4) is 11.5 Å². The highest BCUT2D eigenvalue weighted by Crippen LogP contribution is 2.12. The van der Waals surface area contributed by atoms with Crippen molar-refractivity contribution in [2.75, 3.05) is 13.7 Å². The van der Waals surface area contributed by atoms with Crippen LogP contribution in [-0.2, 0) is 13.1 Å². The van der Waals surface area contributed by atoms with Gasteiger partial charge in [-0.05, 0) is 43.3 Å². The molecule has 0 saturated carbocycles. The lowest BCUT2D eigenvalue weighted by atomic mass is 10.2. The first-order chi connectivity index (χ1) is 9.81. The van der Waals surface area contributed by atoms with E-state index < -0.39 is 0 Å². The van der Waals surface area contributed by atoms with Gasteiger partial charge in [0.05, 0.1) is 13.7 Å². The van der Waals surface area contributed by atoms with Crippen molar-refractivity contribution >= 4 is 0 Å². The molecule has 2 aromatic carbocycles. The van der Waals surface area contributed by atoms with Crippen LogP contribution in [0.5, 0.6) is 11.5 Å². The van der Waals surface area contributed by atoms with Crippen molar-refractivity contribution in [2.45, 2.75) is 20.0 Å². The van der Waals surface area contributed by atoms with Crippen molar-refractivity contribution < 1.29 is 14.8 Å². The molecule has 0 radical (unpaired) electrons. The lowest BCUT2D eigenvalue weighted by Gasteiger charge is -2.06. The van der Waals surface area contributed by atoms with Gasteiger partial charge in [0.2, 0.25) is 0 Å². The Kier molecular flexibility index (Phi) is 5.44. The monoisotopic (exact) mass is 272 g/mol. The molecular formula is C17H22NO2+. The van der Waals surface area contributed by atoms with E-state index in [1.165, 1.54) is 11.1 Å². The van der Waals surface area contributed by atoms with E-state index in [0.29, 0.717) is 6.61 Å². The van der Waals surface area contributed by atoms with Gasteiger partial charge in [0, 0.05) is 11.1 Å². The number of nitrogens with two attached hydrogens (primary N) is 1. The summed E-state index contributed by atoms with van der Waals surface area (Å²) in [6.07, 6.45) is 0. The van der Waals surface area contributed by atoms with Crippen molar-refractivity contribution in [3.63, 3.8) is 0 Å². The predicted octanol–water partition coefficient (Wildman–Crippen LogP) is 2.36. The highest BCUT2D eigenvalue weighted by atomic mass is 16.5. The first-order valence-corrected chi connectivity index (χ1v) is 6.98. The maximum atomic E-state index is 5.51. The summed E-state index contributed by atoms with van der Waals surface area (Å²) in [5.74, 6) is 1.85. The van der Waals surface area contributed by atoms with E-state index in [2.05, 4.69) is 29.6 Å². The molecule has 0 aliphatic rings. The van der Waals surface area contributed by atoms with E-state index in [4.69, 9.17) is 9.47 Å². The first-order valence-electron chi connectivity index (χ1n) is 6.98. The Hall–Kier alpha value is -2.00. The van der Waals surface area contributed by atoms with Crippen LogP contribution in [-0.4, -0.2) is 13.7 Å². The van der Waals surface area contributed by atoms with E-state index in [1.807, 2.05) is 31.2 Å². The number of quaternary nitrogens is 1. The van der Waals surface area contributed by atoms with Crippen LogP contribution >= 0.6 is 0 Å². The fourth-order valence-corrected chi connectivity index (χ4v) is 2.10. The average Bonchev–Trinajstić information content (AvgIpc) is 2.49. The summed E-state index contributed by atoms with van der Waals surface area (Å²) in [6.45, 7) is 4.62. The van der Waals surface area contributed by atoms with Gasteiger partial charge in [-0.25, -0.2) is 0 Å². The quantitative estimate of drug-likeness (QED) is 0.839. The highest BCUT2D eigenvalue weighted by molar-refractivity contribution is 5.28. The summed E-state index contributed by atoms with van der Waals surface area (Å²) in [4.78, 5) is 0. The molecule has 3 nitrogen and oxygen atoms in total. The number of methoxy groups -OCH3 is 1. The molecule has 0 amide bonds. The molecule has 0 heterocycles. The number of hydrogen-bond donors (Lipinski definition) is 1. The van der Waals surface area contributed by atoms with Gasteiger partial charge in [0.25, 0.3) is 0 Å². The van der Waals surface area contributed by atoms with Crippen LogP contribution in [0.2, 0.25) is 0 Å². The third-order valence-corrected chi connectivity index (χ3v) is 3.13. The Morgan fingerprint density at radius 2 is 1.65 bits per heavy atom. The highest BCUT2D eigenvalue weighted by Gasteiger charge is 2.00. The van der Waals surface area contributed by atoms with Crippen LogP contribution in [0.15, 0.2) is 48.5 Å². The van der Waals surface area contributed by atoms with Crippen LogP contribution in [0.4, 0.5) is 0 Å². The fraction of sp³-hybridized carbons (Fsp3) is 0.294. The summed E-state index contributed by atoms with van der Waals surface area (Å²) in [7, 11) is 1.69. The van der Waals surface area contributed by atoms with Crippen LogP contribution < -0.4 is 14.8 Å². The number of hydrogen-bond acceptors (Lipinski definition) is 2. The Morgan fingerprint density at radius 1 is 0.900 bits per heavy atom. The maximum absolute atomic E-state index is 5.51. The predicted molar refractivity (Wildman–Crippen MR) is 79.9 cm³/mol. The van der Waals surface area contributed by atoms with E-state index in [1.54, 1.807) is 7.11 Å². The first kappa shape index (κ1) is 14.4. The molecule has 0 bridgehead atoms. The molecule has 0 aliphatic carbocycles. The van der Waals surface area contributed by atoms with E-state index >= 15 is 0 Å². The smallest absolute Gasteiger partial charge is 0.119 e. The molecule has 0 aromatic heterocycles. The maximum Gasteiger partial charge on any atom is 0.119 e. The summed E-state index contributed by atoms with van der Waals surface area (Å²) < 4.78 is 10.7. The van der Waals surface area contributed by atoms with Crippen molar-refractivity contribution in [1.29, 1.82) is 0 Å². The van der Waals surface area contributed by atoms with Gasteiger partial charge in [-0.1, -0.05) is 12.1 Å². The molecule has 0 spiro atoms. The fourth-order valence-electron chi connectivity index (χ4n) is 2.10. The van der Waals surface area contributed by atoms with Gasteiger partial charge < -0.3 is 14.8 Å². The molecule has 0 fully saturated rings. The second-order valence-electron chi connectivity index (χ2n) is 4.63. The molecule has 3 heteroatoms. The summed E-state index contributed by atoms with van der Waals surface area (Å²) in [6, 6.07) is 16.5. The zero-order valence-electron chi connectivity index (χ0n) is 12.1. The minimum absolute atomic E-state index is 0.707. The van der Waals surface area contributed by atoms with Gasteiger partial charge in [-0.3, -0.25) is 0 Å². The molecule has 0 saturated heterocycles. The second kappa shape index (κ2) is 7.56. The van der Waals surface area contributed by atoms with Crippen molar-refractivity contribution in [3.05, 3.63) is 59.7 Å². The molecule has 2 N–H and O–H groups in total. The van der Waals surface area contributed by atoms with Gasteiger partial charge in [0.15, 0.2) is 0 Å². The molecular weight excluding hydrogens is 250 g/mol. The van der Waals surface area contributed by atoms with E-state index in [9.17, 15) is 0 Å². The van der Waals surface area contributed by atoms with Crippen molar-refractivity contribution in [1.82, 2.24) is 0 Å². The van der Waals surface area contributed by atoms with Crippen LogP contribution in [0.25, 0.3) is 0 Å². The molecule has 2 aromatic rings. The molecule has 2 rings (SSSR count). The average molecular weight is 272 g/mol. The minimum atomic E-state index is 0.707. The summed E-state index contributed by atoms with van der Waals surface area (Å²) >= 11 is 0. The summed E-state index contributed by atoms with van der Waals surface area (Å²) in [5, 5.41) is 2.28. The SMILES string of the molecule is CCOc1cccc(C[NH2+]Cc2ccc(OC)cc2)c1. The zero-order valence-corrected chi connectivity index (χ0v) is 12.1. The Morgan fingerprint density at radius 3 is 2.35 bits per heavy atom. The Labute approximate surface area is 120 Å². The number of rotatable bonds is 7. The molecule has 20 heavy (non-hydrogen) atoms. The molecule has 106 valence electrons. The van der Waals surface area contributed by atoms with Gasteiger partial charge in [-0.15, -0.1) is 0 Å². The Balaban J connectivity index is 1.84. The van der Waals surface area contributed by atoms with Gasteiger partial charge >= 0.3 is 0 Å².